The highest BCUT2D eigenvalue weighted by atomic mass is 15.0. The van der Waals surface area contributed by atoms with Gasteiger partial charge < -0.3 is 9.13 Å². The third kappa shape index (κ3) is 3.33. The standard InChI is InChI=1S/C40H26N2/c1-2-13-29(14-3-1)41-24-23-35-37(41)21-22-39-40(35)34-19-8-9-20-38(34)42(39)30-15-10-12-27(25-30)36-26-28-11-4-5-16-31(28)32-17-6-7-18-33(32)36/h1-26H. The summed E-state index contributed by atoms with van der Waals surface area (Å²) in [5.74, 6) is 0. The van der Waals surface area contributed by atoms with Crippen LogP contribution in [0.25, 0.3) is 76.8 Å². The molecule has 0 amide bonds. The molecule has 0 aliphatic rings. The maximum absolute atomic E-state index is 2.43. The van der Waals surface area contributed by atoms with E-state index in [4.69, 9.17) is 0 Å². The molecule has 2 heterocycles. The van der Waals surface area contributed by atoms with Crippen LogP contribution < -0.4 is 0 Å². The molecule has 0 radical (unpaired) electrons. The highest BCUT2D eigenvalue weighted by Crippen LogP contribution is 2.40. The summed E-state index contributed by atoms with van der Waals surface area (Å²) in [6, 6.07) is 55.0. The van der Waals surface area contributed by atoms with Gasteiger partial charge in [-0.1, -0.05) is 97.1 Å². The minimum Gasteiger partial charge on any atom is -0.317 e. The molecule has 0 unspecified atom stereocenters. The molecule has 0 fully saturated rings. The average molecular weight is 535 g/mol. The van der Waals surface area contributed by atoms with Crippen LogP contribution in [0.4, 0.5) is 0 Å². The lowest BCUT2D eigenvalue weighted by atomic mass is 9.93. The van der Waals surface area contributed by atoms with Crippen LogP contribution in [0, 0.1) is 0 Å². The second-order valence-corrected chi connectivity index (χ2v) is 11.0. The van der Waals surface area contributed by atoms with Gasteiger partial charge in [0.15, 0.2) is 0 Å². The molecule has 7 aromatic carbocycles. The molecule has 2 heteroatoms. The van der Waals surface area contributed by atoms with Gasteiger partial charge in [-0.25, -0.2) is 0 Å². The zero-order valence-corrected chi connectivity index (χ0v) is 22.9. The number of nitrogens with zero attached hydrogens (tertiary/aromatic N) is 2. The Morgan fingerprint density at radius 2 is 1.05 bits per heavy atom. The Morgan fingerprint density at radius 3 is 1.93 bits per heavy atom. The maximum atomic E-state index is 2.43. The lowest BCUT2D eigenvalue weighted by Gasteiger charge is -2.14. The van der Waals surface area contributed by atoms with Crippen molar-refractivity contribution in [3.8, 4) is 22.5 Å². The molecule has 42 heavy (non-hydrogen) atoms. The molecule has 0 bridgehead atoms. The Kier molecular flexibility index (Phi) is 4.93. The van der Waals surface area contributed by atoms with Crippen LogP contribution in [-0.2, 0) is 0 Å². The van der Waals surface area contributed by atoms with Gasteiger partial charge in [-0.2, -0.15) is 0 Å². The number of benzene rings is 7. The predicted octanol–water partition coefficient (Wildman–Crippen LogP) is 10.7. The summed E-state index contributed by atoms with van der Waals surface area (Å²) in [5.41, 5.74) is 8.46. The van der Waals surface area contributed by atoms with Crippen molar-refractivity contribution in [3.63, 3.8) is 0 Å². The van der Waals surface area contributed by atoms with Crippen molar-refractivity contribution in [2.45, 2.75) is 0 Å². The predicted molar refractivity (Wildman–Crippen MR) is 178 cm³/mol. The zero-order chi connectivity index (χ0) is 27.6. The van der Waals surface area contributed by atoms with Gasteiger partial charge in [0, 0.05) is 33.7 Å². The summed E-state index contributed by atoms with van der Waals surface area (Å²) in [5, 5.41) is 8.95. The largest absolute Gasteiger partial charge is 0.317 e. The van der Waals surface area contributed by atoms with Gasteiger partial charge in [0.25, 0.3) is 0 Å². The van der Waals surface area contributed by atoms with E-state index in [1.165, 1.54) is 71.1 Å². The number of hydrogen-bond donors (Lipinski definition) is 0. The first-order chi connectivity index (χ1) is 20.8. The molecule has 0 saturated carbocycles. The molecule has 0 saturated heterocycles. The van der Waals surface area contributed by atoms with Gasteiger partial charge >= 0.3 is 0 Å². The SMILES string of the molecule is c1ccc(-n2ccc3c4c5ccccc5n(-c5cccc(-c6cc7ccccc7c7ccccc67)c5)c4ccc32)cc1. The fourth-order valence-corrected chi connectivity index (χ4v) is 6.88. The summed E-state index contributed by atoms with van der Waals surface area (Å²) in [6.45, 7) is 0. The van der Waals surface area contributed by atoms with Crippen molar-refractivity contribution in [2.24, 2.45) is 0 Å². The van der Waals surface area contributed by atoms with Gasteiger partial charge in [-0.15, -0.1) is 0 Å². The molecule has 9 rings (SSSR count). The molecule has 0 spiro atoms. The fraction of sp³-hybridized carbons (Fsp3) is 0. The lowest BCUT2D eigenvalue weighted by Crippen LogP contribution is -1.95. The van der Waals surface area contributed by atoms with Gasteiger partial charge in [-0.3, -0.25) is 0 Å². The van der Waals surface area contributed by atoms with E-state index in [1.54, 1.807) is 0 Å². The highest BCUT2D eigenvalue weighted by molar-refractivity contribution is 6.21. The minimum absolute atomic E-state index is 1.16. The van der Waals surface area contributed by atoms with E-state index in [1.807, 2.05) is 0 Å². The molecule has 2 aromatic heterocycles. The van der Waals surface area contributed by atoms with Gasteiger partial charge in [0.05, 0.1) is 16.6 Å². The van der Waals surface area contributed by atoms with Crippen LogP contribution in [0.1, 0.15) is 0 Å². The first-order valence-electron chi connectivity index (χ1n) is 14.5. The van der Waals surface area contributed by atoms with Crippen LogP contribution >= 0.6 is 0 Å². The Labute approximate surface area is 243 Å². The second kappa shape index (κ2) is 8.95. The highest BCUT2D eigenvalue weighted by Gasteiger charge is 2.17. The quantitative estimate of drug-likeness (QED) is 0.200. The third-order valence-electron chi connectivity index (χ3n) is 8.72. The van der Waals surface area contributed by atoms with E-state index in [9.17, 15) is 0 Å². The molecule has 9 aromatic rings. The lowest BCUT2D eigenvalue weighted by molar-refractivity contribution is 1.13. The van der Waals surface area contributed by atoms with E-state index in [0.717, 1.165) is 5.69 Å². The van der Waals surface area contributed by atoms with Gasteiger partial charge in [0.2, 0.25) is 0 Å². The van der Waals surface area contributed by atoms with Crippen molar-refractivity contribution in [1.82, 2.24) is 9.13 Å². The number of hydrogen-bond acceptors (Lipinski definition) is 0. The Bertz CT molecular complexity index is 2460. The first kappa shape index (κ1) is 23.1. The van der Waals surface area contributed by atoms with Crippen molar-refractivity contribution in [1.29, 1.82) is 0 Å². The number of fused-ring (bicyclic) bond motifs is 8. The molecule has 0 atom stereocenters. The molecule has 2 nitrogen and oxygen atoms in total. The number of para-hydroxylation sites is 2. The van der Waals surface area contributed by atoms with E-state index in [2.05, 4.69) is 167 Å². The summed E-state index contributed by atoms with van der Waals surface area (Å²) in [6.07, 6.45) is 2.19. The fourth-order valence-electron chi connectivity index (χ4n) is 6.88. The summed E-state index contributed by atoms with van der Waals surface area (Å²) < 4.78 is 4.71. The van der Waals surface area contributed by atoms with Gasteiger partial charge in [0.1, 0.15) is 0 Å². The maximum Gasteiger partial charge on any atom is 0.0548 e. The van der Waals surface area contributed by atoms with Crippen molar-refractivity contribution in [2.75, 3.05) is 0 Å². The van der Waals surface area contributed by atoms with Crippen LogP contribution in [0.3, 0.4) is 0 Å². The number of rotatable bonds is 3. The van der Waals surface area contributed by atoms with Crippen molar-refractivity contribution >= 4 is 54.3 Å². The molecular formula is C40H26N2. The van der Waals surface area contributed by atoms with E-state index in [0.29, 0.717) is 0 Å². The van der Waals surface area contributed by atoms with Crippen LogP contribution in [-0.4, -0.2) is 9.13 Å². The van der Waals surface area contributed by atoms with Crippen molar-refractivity contribution < 1.29 is 0 Å². The molecular weight excluding hydrogens is 508 g/mol. The third-order valence-corrected chi connectivity index (χ3v) is 8.72. The zero-order valence-electron chi connectivity index (χ0n) is 22.9. The van der Waals surface area contributed by atoms with E-state index >= 15 is 0 Å². The monoisotopic (exact) mass is 534 g/mol. The van der Waals surface area contributed by atoms with E-state index < -0.39 is 0 Å². The average Bonchev–Trinajstić information content (AvgIpc) is 3.64. The van der Waals surface area contributed by atoms with Crippen molar-refractivity contribution in [3.05, 3.63) is 158 Å². The molecule has 196 valence electrons. The molecule has 0 N–H and O–H groups in total. The normalized spacial score (nSPS) is 11.8. The first-order valence-corrected chi connectivity index (χ1v) is 14.5. The number of aromatic nitrogens is 2. The molecule has 0 aliphatic heterocycles. The Hall–Kier alpha value is -5.60. The Morgan fingerprint density at radius 1 is 0.381 bits per heavy atom. The topological polar surface area (TPSA) is 9.86 Å². The Balaban J connectivity index is 1.30. The second-order valence-electron chi connectivity index (χ2n) is 11.0. The van der Waals surface area contributed by atoms with Crippen LogP contribution in [0.5, 0.6) is 0 Å². The summed E-state index contributed by atoms with van der Waals surface area (Å²) >= 11 is 0. The van der Waals surface area contributed by atoms with E-state index in [-0.39, 0.29) is 0 Å². The summed E-state index contributed by atoms with van der Waals surface area (Å²) in [4.78, 5) is 0. The van der Waals surface area contributed by atoms with Crippen LogP contribution in [0.15, 0.2) is 158 Å². The minimum atomic E-state index is 1.16. The molecule has 0 aliphatic carbocycles. The smallest absolute Gasteiger partial charge is 0.0548 e. The van der Waals surface area contributed by atoms with Crippen LogP contribution in [0.2, 0.25) is 0 Å². The van der Waals surface area contributed by atoms with Gasteiger partial charge in [-0.05, 0) is 87.3 Å². The summed E-state index contributed by atoms with van der Waals surface area (Å²) in [7, 11) is 0.